The molecule has 1 heterocycles. The van der Waals surface area contributed by atoms with Crippen molar-refractivity contribution >= 4 is 5.91 Å². The third-order valence-electron chi connectivity index (χ3n) is 5.50. The Labute approximate surface area is 131 Å². The van der Waals surface area contributed by atoms with Crippen LogP contribution in [0, 0.1) is 19.3 Å². The Kier molecular flexibility index (Phi) is 4.26. The summed E-state index contributed by atoms with van der Waals surface area (Å²) in [5.74, 6) is 0.537. The van der Waals surface area contributed by atoms with Gasteiger partial charge in [-0.1, -0.05) is 24.4 Å². The van der Waals surface area contributed by atoms with Gasteiger partial charge in [0.05, 0.1) is 11.8 Å². The number of amides is 1. The molecule has 1 amide bonds. The quantitative estimate of drug-likeness (QED) is 0.928. The van der Waals surface area contributed by atoms with E-state index in [2.05, 4.69) is 10.5 Å². The van der Waals surface area contributed by atoms with Crippen molar-refractivity contribution in [2.75, 3.05) is 6.61 Å². The third-order valence-corrected chi connectivity index (χ3v) is 5.50. The molecule has 2 saturated carbocycles. The first-order valence-corrected chi connectivity index (χ1v) is 8.44. The zero-order valence-electron chi connectivity index (χ0n) is 13.8. The van der Waals surface area contributed by atoms with E-state index in [1.54, 1.807) is 6.92 Å². The molecule has 0 aromatic carbocycles. The Morgan fingerprint density at radius 2 is 2.09 bits per heavy atom. The number of ether oxygens (including phenoxy) is 1. The van der Waals surface area contributed by atoms with Crippen LogP contribution in [0.4, 0.5) is 0 Å². The lowest BCUT2D eigenvalue weighted by Gasteiger charge is -2.57. The van der Waals surface area contributed by atoms with Gasteiger partial charge >= 0.3 is 0 Å². The molecule has 0 radical (unpaired) electrons. The van der Waals surface area contributed by atoms with Crippen molar-refractivity contribution in [3.05, 3.63) is 17.0 Å². The second-order valence-electron chi connectivity index (χ2n) is 6.70. The minimum Gasteiger partial charge on any atom is -0.378 e. The normalized spacial score (nSPS) is 26.7. The van der Waals surface area contributed by atoms with Crippen LogP contribution in [-0.4, -0.2) is 29.8 Å². The van der Waals surface area contributed by atoms with Crippen LogP contribution in [0.3, 0.4) is 0 Å². The van der Waals surface area contributed by atoms with Gasteiger partial charge in [-0.05, 0) is 40.0 Å². The lowest BCUT2D eigenvalue weighted by Crippen LogP contribution is -2.65. The Morgan fingerprint density at radius 3 is 2.68 bits per heavy atom. The van der Waals surface area contributed by atoms with Gasteiger partial charge < -0.3 is 14.6 Å². The van der Waals surface area contributed by atoms with Crippen LogP contribution in [0.25, 0.3) is 0 Å². The molecule has 1 spiro atoms. The van der Waals surface area contributed by atoms with Crippen LogP contribution in [0.15, 0.2) is 4.52 Å². The smallest absolute Gasteiger partial charge is 0.257 e. The first kappa shape index (κ1) is 15.5. The monoisotopic (exact) mass is 306 g/mol. The second-order valence-corrected chi connectivity index (χ2v) is 6.70. The van der Waals surface area contributed by atoms with Crippen LogP contribution in [0.2, 0.25) is 0 Å². The largest absolute Gasteiger partial charge is 0.378 e. The van der Waals surface area contributed by atoms with Gasteiger partial charge in [-0.15, -0.1) is 0 Å². The highest BCUT2D eigenvalue weighted by atomic mass is 16.5. The Balaban J connectivity index is 1.73. The highest BCUT2D eigenvalue weighted by Crippen LogP contribution is 2.53. The number of nitrogens with zero attached hydrogens (tertiary/aromatic N) is 1. The van der Waals surface area contributed by atoms with E-state index in [0.29, 0.717) is 23.1 Å². The SMILES string of the molecule is CCO[C@@H]1C[C@@H](NC(=O)c2c(C)noc2C)C12CCCCC2. The van der Waals surface area contributed by atoms with E-state index in [1.807, 2.05) is 13.8 Å². The zero-order chi connectivity index (χ0) is 15.7. The molecule has 0 saturated heterocycles. The van der Waals surface area contributed by atoms with Crippen molar-refractivity contribution in [1.29, 1.82) is 0 Å². The Bertz CT molecular complexity index is 527. The van der Waals surface area contributed by atoms with Crippen molar-refractivity contribution < 1.29 is 14.1 Å². The molecule has 1 aromatic rings. The van der Waals surface area contributed by atoms with Crippen molar-refractivity contribution in [3.8, 4) is 0 Å². The lowest BCUT2D eigenvalue weighted by molar-refractivity contribution is -0.146. The summed E-state index contributed by atoms with van der Waals surface area (Å²) >= 11 is 0. The average Bonchev–Trinajstić information content (AvgIpc) is 2.86. The van der Waals surface area contributed by atoms with Crippen molar-refractivity contribution in [3.63, 3.8) is 0 Å². The number of hydrogen-bond donors (Lipinski definition) is 1. The van der Waals surface area contributed by atoms with Gasteiger partial charge in [0, 0.05) is 18.1 Å². The standard InChI is InChI=1S/C17H26N2O3/c1-4-21-14-10-13(17(14)8-6-5-7-9-17)18-16(20)15-11(2)19-22-12(15)3/h13-14H,4-10H2,1-3H3,(H,18,20)/t13-,14-/m1/s1. The van der Waals surface area contributed by atoms with E-state index >= 15 is 0 Å². The fourth-order valence-corrected chi connectivity index (χ4v) is 4.30. The maximum atomic E-state index is 12.6. The summed E-state index contributed by atoms with van der Waals surface area (Å²) in [4.78, 5) is 12.6. The maximum absolute atomic E-state index is 12.6. The summed E-state index contributed by atoms with van der Waals surface area (Å²) < 4.78 is 11.0. The molecular formula is C17H26N2O3. The van der Waals surface area contributed by atoms with Crippen molar-refractivity contribution in [2.24, 2.45) is 5.41 Å². The predicted octanol–water partition coefficient (Wildman–Crippen LogP) is 3.15. The third kappa shape index (κ3) is 2.45. The number of aryl methyl sites for hydroxylation is 2. The van der Waals surface area contributed by atoms with E-state index in [1.165, 1.54) is 19.3 Å². The Morgan fingerprint density at radius 1 is 1.36 bits per heavy atom. The first-order valence-electron chi connectivity index (χ1n) is 8.44. The summed E-state index contributed by atoms with van der Waals surface area (Å²) in [6.45, 7) is 6.39. The molecule has 1 aromatic heterocycles. The summed E-state index contributed by atoms with van der Waals surface area (Å²) in [5.41, 5.74) is 1.39. The summed E-state index contributed by atoms with van der Waals surface area (Å²) in [6, 6.07) is 0.213. The topological polar surface area (TPSA) is 64.4 Å². The number of aromatic nitrogens is 1. The molecule has 0 unspecified atom stereocenters. The minimum atomic E-state index is -0.0545. The van der Waals surface area contributed by atoms with Gasteiger partial charge in [0.15, 0.2) is 0 Å². The highest BCUT2D eigenvalue weighted by molar-refractivity contribution is 5.96. The lowest BCUT2D eigenvalue weighted by atomic mass is 9.55. The minimum absolute atomic E-state index is 0.0545. The molecule has 122 valence electrons. The number of nitrogens with one attached hydrogen (secondary N) is 1. The molecule has 2 fully saturated rings. The second kappa shape index (κ2) is 6.03. The molecule has 0 aliphatic heterocycles. The maximum Gasteiger partial charge on any atom is 0.257 e. The van der Waals surface area contributed by atoms with Crippen LogP contribution in [-0.2, 0) is 4.74 Å². The van der Waals surface area contributed by atoms with Gasteiger partial charge in [0.2, 0.25) is 0 Å². The van der Waals surface area contributed by atoms with Crippen LogP contribution in [0.5, 0.6) is 0 Å². The molecule has 22 heavy (non-hydrogen) atoms. The number of rotatable bonds is 4. The fraction of sp³-hybridized carbons (Fsp3) is 0.765. The number of carbonyl (C=O) groups is 1. The zero-order valence-corrected chi connectivity index (χ0v) is 13.8. The van der Waals surface area contributed by atoms with Crippen molar-refractivity contribution in [2.45, 2.75) is 71.4 Å². The highest BCUT2D eigenvalue weighted by Gasteiger charge is 2.56. The van der Waals surface area contributed by atoms with E-state index < -0.39 is 0 Å². The van der Waals surface area contributed by atoms with E-state index in [4.69, 9.17) is 9.26 Å². The molecule has 5 nitrogen and oxygen atoms in total. The van der Waals surface area contributed by atoms with Crippen LogP contribution >= 0.6 is 0 Å². The van der Waals surface area contributed by atoms with Crippen LogP contribution < -0.4 is 5.32 Å². The van der Waals surface area contributed by atoms with E-state index in [9.17, 15) is 4.79 Å². The molecule has 2 aliphatic carbocycles. The van der Waals surface area contributed by atoms with Gasteiger partial charge in [0.25, 0.3) is 5.91 Å². The molecule has 3 rings (SSSR count). The molecule has 1 N–H and O–H groups in total. The molecule has 2 atom stereocenters. The molecular weight excluding hydrogens is 280 g/mol. The number of carbonyl (C=O) groups excluding carboxylic acids is 1. The van der Waals surface area contributed by atoms with Gasteiger partial charge in [-0.2, -0.15) is 0 Å². The predicted molar refractivity (Wildman–Crippen MR) is 82.8 cm³/mol. The molecule has 5 heteroatoms. The number of hydrogen-bond acceptors (Lipinski definition) is 4. The Hall–Kier alpha value is -1.36. The van der Waals surface area contributed by atoms with Crippen LogP contribution in [0.1, 0.15) is 67.3 Å². The summed E-state index contributed by atoms with van der Waals surface area (Å²) in [7, 11) is 0. The van der Waals surface area contributed by atoms with Gasteiger partial charge in [-0.25, -0.2) is 0 Å². The summed E-state index contributed by atoms with van der Waals surface area (Å²) in [6.07, 6.45) is 7.30. The summed E-state index contributed by atoms with van der Waals surface area (Å²) in [5, 5.41) is 7.11. The van der Waals surface area contributed by atoms with E-state index in [0.717, 1.165) is 25.9 Å². The van der Waals surface area contributed by atoms with Crippen molar-refractivity contribution in [1.82, 2.24) is 10.5 Å². The average molecular weight is 306 g/mol. The fourth-order valence-electron chi connectivity index (χ4n) is 4.30. The van der Waals surface area contributed by atoms with Gasteiger partial charge in [0.1, 0.15) is 11.3 Å². The van der Waals surface area contributed by atoms with E-state index in [-0.39, 0.29) is 17.4 Å². The molecule has 0 bridgehead atoms. The first-order chi connectivity index (χ1) is 10.6. The molecule has 2 aliphatic rings. The van der Waals surface area contributed by atoms with Gasteiger partial charge in [-0.3, -0.25) is 4.79 Å².